The maximum absolute atomic E-state index is 13.0. The van der Waals surface area contributed by atoms with Crippen LogP contribution < -0.4 is 5.32 Å². The molecule has 1 aliphatic heterocycles. The fourth-order valence-electron chi connectivity index (χ4n) is 3.53. The highest BCUT2D eigenvalue weighted by atomic mass is 32.2. The average molecular weight is 448 g/mol. The van der Waals surface area contributed by atoms with Crippen molar-refractivity contribution in [2.24, 2.45) is 5.92 Å². The SMILES string of the molecule is Cc1ccc2nc(NC(=O)C3CCCN(S(=O)(=O)c4cn(C(C)C)cn4)C3)sc2c1. The molecule has 1 amide bonds. The van der Waals surface area contributed by atoms with Crippen LogP contribution in [0.25, 0.3) is 10.2 Å². The van der Waals surface area contributed by atoms with Gasteiger partial charge in [0.05, 0.1) is 22.5 Å². The standard InChI is InChI=1S/C20H25N5O3S2/c1-13(2)24-11-18(21-12-24)30(27,28)25-8-4-5-15(10-25)19(26)23-20-22-16-7-6-14(3)9-17(16)29-20/h6-7,9,11-13,15H,4-5,8,10H2,1-3H3,(H,22,23,26). The molecule has 0 spiro atoms. The highest BCUT2D eigenvalue weighted by molar-refractivity contribution is 7.89. The Balaban J connectivity index is 1.47. The molecular weight excluding hydrogens is 422 g/mol. The number of hydrogen-bond acceptors (Lipinski definition) is 6. The molecule has 1 N–H and O–H groups in total. The number of aromatic nitrogens is 3. The summed E-state index contributed by atoms with van der Waals surface area (Å²) in [5, 5.41) is 3.44. The largest absolute Gasteiger partial charge is 0.334 e. The van der Waals surface area contributed by atoms with Gasteiger partial charge < -0.3 is 9.88 Å². The summed E-state index contributed by atoms with van der Waals surface area (Å²) in [6, 6.07) is 6.08. The number of benzene rings is 1. The van der Waals surface area contributed by atoms with Crippen molar-refractivity contribution < 1.29 is 13.2 Å². The van der Waals surface area contributed by atoms with Crippen molar-refractivity contribution in [3.8, 4) is 0 Å². The number of rotatable bonds is 5. The minimum atomic E-state index is -3.73. The lowest BCUT2D eigenvalue weighted by Gasteiger charge is -2.30. The van der Waals surface area contributed by atoms with E-state index >= 15 is 0 Å². The van der Waals surface area contributed by atoms with Crippen molar-refractivity contribution in [3.05, 3.63) is 36.3 Å². The van der Waals surface area contributed by atoms with Crippen LogP contribution >= 0.6 is 11.3 Å². The molecule has 3 heterocycles. The highest BCUT2D eigenvalue weighted by Crippen LogP contribution is 2.29. The number of nitrogens with one attached hydrogen (secondary N) is 1. The Morgan fingerprint density at radius 3 is 2.87 bits per heavy atom. The molecule has 0 aliphatic carbocycles. The first-order valence-electron chi connectivity index (χ1n) is 9.96. The Morgan fingerprint density at radius 2 is 2.13 bits per heavy atom. The summed E-state index contributed by atoms with van der Waals surface area (Å²) in [7, 11) is -3.73. The summed E-state index contributed by atoms with van der Waals surface area (Å²) >= 11 is 1.42. The lowest BCUT2D eigenvalue weighted by Crippen LogP contribution is -2.43. The van der Waals surface area contributed by atoms with Crippen molar-refractivity contribution in [3.63, 3.8) is 0 Å². The van der Waals surface area contributed by atoms with E-state index in [4.69, 9.17) is 0 Å². The predicted octanol–water partition coefficient (Wildman–Crippen LogP) is 3.42. The van der Waals surface area contributed by atoms with Gasteiger partial charge in [-0.2, -0.15) is 4.31 Å². The molecule has 1 unspecified atom stereocenters. The molecule has 0 radical (unpaired) electrons. The van der Waals surface area contributed by atoms with Crippen LogP contribution in [0.1, 0.15) is 38.3 Å². The van der Waals surface area contributed by atoms with Crippen molar-refractivity contribution in [2.45, 2.75) is 44.7 Å². The maximum Gasteiger partial charge on any atom is 0.262 e. The molecule has 1 aromatic carbocycles. The first-order valence-corrected chi connectivity index (χ1v) is 12.2. The average Bonchev–Trinajstić information content (AvgIpc) is 3.35. The zero-order chi connectivity index (χ0) is 21.5. The molecule has 1 aliphatic rings. The van der Waals surface area contributed by atoms with E-state index in [0.717, 1.165) is 15.8 Å². The van der Waals surface area contributed by atoms with Gasteiger partial charge in [-0.15, -0.1) is 0 Å². The number of nitrogens with zero attached hydrogens (tertiary/aromatic N) is 4. The number of carbonyl (C=O) groups excluding carboxylic acids is 1. The molecule has 30 heavy (non-hydrogen) atoms. The van der Waals surface area contributed by atoms with E-state index in [0.29, 0.717) is 24.5 Å². The lowest BCUT2D eigenvalue weighted by molar-refractivity contribution is -0.120. The number of fused-ring (bicyclic) bond motifs is 1. The van der Waals surface area contributed by atoms with Gasteiger partial charge in [-0.1, -0.05) is 17.4 Å². The van der Waals surface area contributed by atoms with Crippen LogP contribution in [-0.2, 0) is 14.8 Å². The summed E-state index contributed by atoms with van der Waals surface area (Å²) in [6.45, 7) is 6.47. The molecule has 8 nitrogen and oxygen atoms in total. The monoisotopic (exact) mass is 447 g/mol. The third kappa shape index (κ3) is 4.12. The quantitative estimate of drug-likeness (QED) is 0.646. The second-order valence-electron chi connectivity index (χ2n) is 7.93. The van der Waals surface area contributed by atoms with Gasteiger partial charge in [0, 0.05) is 25.3 Å². The Morgan fingerprint density at radius 1 is 1.33 bits per heavy atom. The second kappa shape index (κ2) is 8.09. The van der Waals surface area contributed by atoms with Crippen LogP contribution in [0.2, 0.25) is 0 Å². The van der Waals surface area contributed by atoms with Crippen molar-refractivity contribution in [2.75, 3.05) is 18.4 Å². The van der Waals surface area contributed by atoms with E-state index in [9.17, 15) is 13.2 Å². The van der Waals surface area contributed by atoms with E-state index in [1.165, 1.54) is 22.0 Å². The number of carbonyl (C=O) groups is 1. The van der Waals surface area contributed by atoms with E-state index in [-0.39, 0.29) is 23.5 Å². The van der Waals surface area contributed by atoms with Gasteiger partial charge in [0.15, 0.2) is 10.2 Å². The zero-order valence-electron chi connectivity index (χ0n) is 17.2. The molecular formula is C20H25N5O3S2. The minimum absolute atomic E-state index is 0.0267. The minimum Gasteiger partial charge on any atom is -0.334 e. The van der Waals surface area contributed by atoms with Crippen LogP contribution in [-0.4, -0.2) is 46.3 Å². The van der Waals surface area contributed by atoms with Crippen LogP contribution in [0.5, 0.6) is 0 Å². The highest BCUT2D eigenvalue weighted by Gasteiger charge is 2.34. The number of sulfonamides is 1. The van der Waals surface area contributed by atoms with Gasteiger partial charge in [0.2, 0.25) is 5.91 Å². The fraction of sp³-hybridized carbons (Fsp3) is 0.450. The van der Waals surface area contributed by atoms with Crippen molar-refractivity contribution >= 4 is 42.6 Å². The summed E-state index contributed by atoms with van der Waals surface area (Å²) in [4.78, 5) is 21.4. The van der Waals surface area contributed by atoms with Crippen LogP contribution in [0.4, 0.5) is 5.13 Å². The number of hydrogen-bond donors (Lipinski definition) is 1. The van der Waals surface area contributed by atoms with E-state index in [2.05, 4.69) is 15.3 Å². The topological polar surface area (TPSA) is 97.2 Å². The van der Waals surface area contributed by atoms with E-state index in [1.54, 1.807) is 10.8 Å². The van der Waals surface area contributed by atoms with E-state index < -0.39 is 15.9 Å². The fourth-order valence-corrected chi connectivity index (χ4v) is 5.95. The maximum atomic E-state index is 13.0. The molecule has 160 valence electrons. The first-order chi connectivity index (χ1) is 14.2. The number of aryl methyl sites for hydroxylation is 1. The first kappa shape index (κ1) is 21.0. The van der Waals surface area contributed by atoms with Crippen molar-refractivity contribution in [1.29, 1.82) is 0 Å². The molecule has 3 aromatic rings. The Labute approximate surface area is 180 Å². The molecule has 1 fully saturated rings. The van der Waals surface area contributed by atoms with Gasteiger partial charge in [-0.3, -0.25) is 4.79 Å². The number of amides is 1. The molecule has 0 bridgehead atoms. The number of imidazole rings is 1. The third-order valence-electron chi connectivity index (χ3n) is 5.31. The van der Waals surface area contributed by atoms with Gasteiger partial charge in [-0.05, 0) is 51.3 Å². The van der Waals surface area contributed by atoms with Gasteiger partial charge in [-0.25, -0.2) is 18.4 Å². The number of piperidine rings is 1. The van der Waals surface area contributed by atoms with Crippen LogP contribution in [0.3, 0.4) is 0 Å². The summed E-state index contributed by atoms with van der Waals surface area (Å²) < 4.78 is 30.2. The van der Waals surface area contributed by atoms with Crippen LogP contribution in [0, 0.1) is 12.8 Å². The molecule has 0 saturated carbocycles. The Bertz CT molecular complexity index is 1180. The normalized spacial score (nSPS) is 18.2. The van der Waals surface area contributed by atoms with Crippen LogP contribution in [0.15, 0.2) is 35.7 Å². The summed E-state index contributed by atoms with van der Waals surface area (Å²) in [5.74, 6) is -0.618. The zero-order valence-corrected chi connectivity index (χ0v) is 18.8. The predicted molar refractivity (Wildman–Crippen MR) is 117 cm³/mol. The molecule has 2 aromatic heterocycles. The number of thiazole rings is 1. The lowest BCUT2D eigenvalue weighted by atomic mass is 9.99. The van der Waals surface area contributed by atoms with Crippen molar-refractivity contribution in [1.82, 2.24) is 18.8 Å². The molecule has 1 atom stereocenters. The Hall–Kier alpha value is -2.30. The second-order valence-corrected chi connectivity index (χ2v) is 10.8. The summed E-state index contributed by atoms with van der Waals surface area (Å²) in [6.07, 6.45) is 4.34. The smallest absolute Gasteiger partial charge is 0.262 e. The van der Waals surface area contributed by atoms with Gasteiger partial charge in [0.25, 0.3) is 10.0 Å². The third-order valence-corrected chi connectivity index (χ3v) is 7.99. The summed E-state index contributed by atoms with van der Waals surface area (Å²) in [5.41, 5.74) is 1.98. The van der Waals surface area contributed by atoms with Gasteiger partial charge >= 0.3 is 0 Å². The molecule has 10 heteroatoms. The van der Waals surface area contributed by atoms with Gasteiger partial charge in [0.1, 0.15) is 0 Å². The molecule has 1 saturated heterocycles. The Kier molecular flexibility index (Phi) is 5.65. The van der Waals surface area contributed by atoms with E-state index in [1.807, 2.05) is 39.0 Å². The number of anilines is 1. The molecule has 4 rings (SSSR count).